The van der Waals surface area contributed by atoms with Gasteiger partial charge in [-0.05, 0) is 36.8 Å². The smallest absolute Gasteiger partial charge is 0.416 e. The fourth-order valence-corrected chi connectivity index (χ4v) is 2.57. The summed E-state index contributed by atoms with van der Waals surface area (Å²) < 4.78 is 45.6. The molecule has 0 saturated carbocycles. The standard InChI is InChI=1S/C18H14F3N5O4/c1-11-2-5-16(15(6-11)26(28)29)30-8-17(27)24-13-7-12(18(19,20)21)3-4-14(13)25-10-22-9-23-25/h2-7,9-10H,8H2,1H3,(H,24,27). The van der Waals surface area contributed by atoms with Crippen molar-refractivity contribution >= 4 is 17.3 Å². The van der Waals surface area contributed by atoms with E-state index < -0.39 is 29.2 Å². The van der Waals surface area contributed by atoms with Crippen LogP contribution in [0.15, 0.2) is 49.1 Å². The van der Waals surface area contributed by atoms with E-state index in [0.29, 0.717) is 5.56 Å². The molecule has 0 radical (unpaired) electrons. The summed E-state index contributed by atoms with van der Waals surface area (Å²) in [6.45, 7) is 1.000. The van der Waals surface area contributed by atoms with Crippen LogP contribution in [-0.2, 0) is 11.0 Å². The van der Waals surface area contributed by atoms with Crippen LogP contribution in [0.1, 0.15) is 11.1 Å². The van der Waals surface area contributed by atoms with Crippen molar-refractivity contribution in [2.45, 2.75) is 13.1 Å². The number of nitrogens with one attached hydrogen (secondary N) is 1. The highest BCUT2D eigenvalue weighted by Crippen LogP contribution is 2.33. The van der Waals surface area contributed by atoms with E-state index >= 15 is 0 Å². The molecule has 0 atom stereocenters. The van der Waals surface area contributed by atoms with Crippen molar-refractivity contribution in [2.24, 2.45) is 0 Å². The minimum atomic E-state index is -4.63. The third-order valence-corrected chi connectivity index (χ3v) is 3.93. The Morgan fingerprint density at radius 2 is 2.03 bits per heavy atom. The molecule has 3 rings (SSSR count). The summed E-state index contributed by atoms with van der Waals surface area (Å²) >= 11 is 0. The molecule has 0 bridgehead atoms. The Morgan fingerprint density at radius 3 is 2.67 bits per heavy atom. The van der Waals surface area contributed by atoms with Crippen LogP contribution in [-0.4, -0.2) is 32.2 Å². The zero-order valence-corrected chi connectivity index (χ0v) is 15.4. The first kappa shape index (κ1) is 20.8. The first-order valence-corrected chi connectivity index (χ1v) is 8.39. The highest BCUT2D eigenvalue weighted by molar-refractivity contribution is 5.94. The van der Waals surface area contributed by atoms with Gasteiger partial charge in [-0.2, -0.15) is 18.3 Å². The number of aromatic nitrogens is 3. The minimum absolute atomic E-state index is 0.138. The lowest BCUT2D eigenvalue weighted by Gasteiger charge is -2.14. The Bertz CT molecular complexity index is 1080. The normalized spacial score (nSPS) is 11.2. The average Bonchev–Trinajstić information content (AvgIpc) is 3.20. The summed E-state index contributed by atoms with van der Waals surface area (Å²) in [5.74, 6) is -0.952. The molecule has 9 nitrogen and oxygen atoms in total. The van der Waals surface area contributed by atoms with Gasteiger partial charge in [0, 0.05) is 6.07 Å². The SMILES string of the molecule is Cc1ccc(OCC(=O)Nc2cc(C(F)(F)F)ccc2-n2cncn2)c([N+](=O)[O-])c1. The molecule has 1 aromatic heterocycles. The monoisotopic (exact) mass is 421 g/mol. The van der Waals surface area contributed by atoms with E-state index in [2.05, 4.69) is 15.4 Å². The van der Waals surface area contributed by atoms with Crippen molar-refractivity contribution in [3.05, 3.63) is 70.3 Å². The number of rotatable bonds is 6. The van der Waals surface area contributed by atoms with Crippen molar-refractivity contribution in [3.63, 3.8) is 0 Å². The van der Waals surface area contributed by atoms with Crippen LogP contribution in [0.25, 0.3) is 5.69 Å². The quantitative estimate of drug-likeness (QED) is 0.481. The van der Waals surface area contributed by atoms with Crippen LogP contribution in [0.3, 0.4) is 0 Å². The fourth-order valence-electron chi connectivity index (χ4n) is 2.57. The van der Waals surface area contributed by atoms with E-state index in [0.717, 1.165) is 18.2 Å². The zero-order valence-electron chi connectivity index (χ0n) is 15.4. The molecule has 0 aliphatic carbocycles. The Balaban J connectivity index is 1.82. The minimum Gasteiger partial charge on any atom is -0.477 e. The third kappa shape index (κ3) is 4.71. The predicted molar refractivity (Wildman–Crippen MR) is 98.3 cm³/mol. The van der Waals surface area contributed by atoms with Crippen LogP contribution in [0.5, 0.6) is 5.75 Å². The Labute approximate surface area is 167 Å². The average molecular weight is 421 g/mol. The summed E-state index contributed by atoms with van der Waals surface area (Å²) in [6, 6.07) is 6.92. The largest absolute Gasteiger partial charge is 0.477 e. The van der Waals surface area contributed by atoms with Gasteiger partial charge in [-0.3, -0.25) is 14.9 Å². The van der Waals surface area contributed by atoms with Crippen molar-refractivity contribution in [3.8, 4) is 11.4 Å². The molecule has 1 amide bonds. The second kappa shape index (κ2) is 8.19. The zero-order chi connectivity index (χ0) is 21.9. The maximum absolute atomic E-state index is 13.1. The van der Waals surface area contributed by atoms with Crippen LogP contribution in [0.4, 0.5) is 24.5 Å². The maximum Gasteiger partial charge on any atom is 0.416 e. The van der Waals surface area contributed by atoms with E-state index in [1.165, 1.54) is 29.5 Å². The van der Waals surface area contributed by atoms with Gasteiger partial charge < -0.3 is 10.1 Å². The predicted octanol–water partition coefficient (Wildman–Crippen LogP) is 3.52. The lowest BCUT2D eigenvalue weighted by atomic mass is 10.1. The molecular weight excluding hydrogens is 407 g/mol. The van der Waals surface area contributed by atoms with E-state index in [1.54, 1.807) is 13.0 Å². The summed E-state index contributed by atoms with van der Waals surface area (Å²) in [5, 5.41) is 17.3. The van der Waals surface area contributed by atoms with Gasteiger partial charge in [-0.15, -0.1) is 0 Å². The number of alkyl halides is 3. The Kier molecular flexibility index (Phi) is 5.67. The van der Waals surface area contributed by atoms with Crippen LogP contribution >= 0.6 is 0 Å². The summed E-state index contributed by atoms with van der Waals surface area (Å²) in [4.78, 5) is 26.5. The lowest BCUT2D eigenvalue weighted by Crippen LogP contribution is -2.22. The summed E-state index contributed by atoms with van der Waals surface area (Å²) in [7, 11) is 0. The molecule has 1 heterocycles. The number of nitro groups is 1. The molecular formula is C18H14F3N5O4. The van der Waals surface area contributed by atoms with Gasteiger partial charge in [0.2, 0.25) is 0 Å². The number of anilines is 1. The van der Waals surface area contributed by atoms with Crippen molar-refractivity contribution < 1.29 is 27.6 Å². The second-order valence-electron chi connectivity index (χ2n) is 6.13. The summed E-state index contributed by atoms with van der Waals surface area (Å²) in [6.07, 6.45) is -2.19. The van der Waals surface area contributed by atoms with Crippen LogP contribution < -0.4 is 10.1 Å². The maximum atomic E-state index is 13.1. The third-order valence-electron chi connectivity index (χ3n) is 3.93. The summed E-state index contributed by atoms with van der Waals surface area (Å²) in [5.41, 5.74) is -0.709. The van der Waals surface area contributed by atoms with Crippen molar-refractivity contribution in [1.29, 1.82) is 0 Å². The number of carbonyl (C=O) groups is 1. The van der Waals surface area contributed by atoms with Gasteiger partial charge in [-0.25, -0.2) is 9.67 Å². The van der Waals surface area contributed by atoms with Crippen LogP contribution in [0, 0.1) is 17.0 Å². The molecule has 12 heteroatoms. The molecule has 3 aromatic rings. The second-order valence-corrected chi connectivity index (χ2v) is 6.13. The number of amides is 1. The number of nitrogens with zero attached hydrogens (tertiary/aromatic N) is 4. The van der Waals surface area contributed by atoms with Gasteiger partial charge in [0.15, 0.2) is 12.4 Å². The van der Waals surface area contributed by atoms with Gasteiger partial charge in [-0.1, -0.05) is 6.07 Å². The van der Waals surface area contributed by atoms with Gasteiger partial charge in [0.1, 0.15) is 12.7 Å². The number of hydrogen-bond acceptors (Lipinski definition) is 6. The Hall–Kier alpha value is -3.96. The van der Waals surface area contributed by atoms with E-state index in [-0.39, 0.29) is 22.8 Å². The number of hydrogen-bond donors (Lipinski definition) is 1. The topological polar surface area (TPSA) is 112 Å². The molecule has 30 heavy (non-hydrogen) atoms. The highest BCUT2D eigenvalue weighted by Gasteiger charge is 2.31. The number of carbonyl (C=O) groups excluding carboxylic acids is 1. The molecule has 0 unspecified atom stereocenters. The Morgan fingerprint density at radius 1 is 1.27 bits per heavy atom. The molecule has 1 N–H and O–H groups in total. The molecule has 0 aliphatic rings. The molecule has 0 saturated heterocycles. The van der Waals surface area contributed by atoms with E-state index in [1.807, 2.05) is 0 Å². The molecule has 156 valence electrons. The first-order chi connectivity index (χ1) is 14.1. The number of aryl methyl sites for hydroxylation is 1. The van der Waals surface area contributed by atoms with Gasteiger partial charge >= 0.3 is 11.9 Å². The number of halogens is 3. The van der Waals surface area contributed by atoms with Gasteiger partial charge in [0.05, 0.1) is 21.9 Å². The van der Waals surface area contributed by atoms with Crippen LogP contribution in [0.2, 0.25) is 0 Å². The lowest BCUT2D eigenvalue weighted by molar-refractivity contribution is -0.385. The molecule has 0 fully saturated rings. The molecule has 0 spiro atoms. The van der Waals surface area contributed by atoms with Crippen molar-refractivity contribution in [1.82, 2.24) is 14.8 Å². The van der Waals surface area contributed by atoms with E-state index in [9.17, 15) is 28.1 Å². The van der Waals surface area contributed by atoms with Crippen molar-refractivity contribution in [2.75, 3.05) is 11.9 Å². The molecule has 0 aliphatic heterocycles. The highest BCUT2D eigenvalue weighted by atomic mass is 19.4. The van der Waals surface area contributed by atoms with E-state index in [4.69, 9.17) is 4.74 Å². The number of nitro benzene ring substituents is 1. The fraction of sp³-hybridized carbons (Fsp3) is 0.167. The number of benzene rings is 2. The number of ether oxygens (including phenoxy) is 1. The first-order valence-electron chi connectivity index (χ1n) is 8.39. The van der Waals surface area contributed by atoms with Gasteiger partial charge in [0.25, 0.3) is 5.91 Å². The molecule has 2 aromatic carbocycles.